The third kappa shape index (κ3) is 4.01. The molecule has 0 aliphatic heterocycles. The van der Waals surface area contributed by atoms with Gasteiger partial charge in [0, 0.05) is 29.8 Å². The lowest BCUT2D eigenvalue weighted by molar-refractivity contribution is -0.141. The Bertz CT molecular complexity index is 1070. The Kier molecular flexibility index (Phi) is 4.64. The number of rotatable bonds is 4. The summed E-state index contributed by atoms with van der Waals surface area (Å²) in [6.07, 6.45) is -2.83. The molecule has 0 spiro atoms. The normalized spacial score (nSPS) is 14.1. The number of alkyl halides is 3. The highest BCUT2D eigenvalue weighted by molar-refractivity contribution is 5.94. The summed E-state index contributed by atoms with van der Waals surface area (Å²) in [5.41, 5.74) is 1.66. The summed E-state index contributed by atoms with van der Waals surface area (Å²) in [4.78, 5) is 11.4. The van der Waals surface area contributed by atoms with E-state index in [1.807, 2.05) is 0 Å². The van der Waals surface area contributed by atoms with Crippen LogP contribution in [-0.2, 0) is 11.0 Å². The third-order valence-corrected chi connectivity index (χ3v) is 4.74. The lowest BCUT2D eigenvalue weighted by Crippen LogP contribution is -2.08. The lowest BCUT2D eigenvalue weighted by Gasteiger charge is -2.12. The Morgan fingerprint density at radius 1 is 1.10 bits per heavy atom. The molecule has 150 valence electrons. The van der Waals surface area contributed by atoms with Gasteiger partial charge in [0.25, 0.3) is 0 Å². The first-order valence-corrected chi connectivity index (χ1v) is 9.07. The maximum Gasteiger partial charge on any atom is 0.435 e. The molecule has 8 heteroatoms. The molecule has 4 rings (SSSR count). The van der Waals surface area contributed by atoms with Crippen molar-refractivity contribution in [3.63, 3.8) is 0 Å². The van der Waals surface area contributed by atoms with E-state index in [2.05, 4.69) is 10.4 Å². The van der Waals surface area contributed by atoms with E-state index in [0.717, 1.165) is 18.9 Å². The van der Waals surface area contributed by atoms with Crippen molar-refractivity contribution in [2.75, 3.05) is 5.32 Å². The molecule has 0 bridgehead atoms. The second kappa shape index (κ2) is 7.02. The fraction of sp³-hybridized carbons (Fsp3) is 0.238. The van der Waals surface area contributed by atoms with Gasteiger partial charge in [-0.25, -0.2) is 9.07 Å². The van der Waals surface area contributed by atoms with E-state index >= 15 is 0 Å². The lowest BCUT2D eigenvalue weighted by atomic mass is 10.0. The van der Waals surface area contributed by atoms with Crippen molar-refractivity contribution in [1.29, 1.82) is 0 Å². The molecular formula is C21H17F4N3O. The largest absolute Gasteiger partial charge is 0.435 e. The summed E-state index contributed by atoms with van der Waals surface area (Å²) in [7, 11) is 0. The molecule has 0 radical (unpaired) electrons. The van der Waals surface area contributed by atoms with Crippen LogP contribution in [0.5, 0.6) is 0 Å². The molecular weight excluding hydrogens is 386 g/mol. The van der Waals surface area contributed by atoms with E-state index in [1.54, 1.807) is 24.3 Å². The Balaban J connectivity index is 1.72. The van der Waals surface area contributed by atoms with E-state index in [4.69, 9.17) is 0 Å². The van der Waals surface area contributed by atoms with Crippen molar-refractivity contribution < 1.29 is 22.4 Å². The molecule has 1 fully saturated rings. The van der Waals surface area contributed by atoms with Gasteiger partial charge in [-0.2, -0.15) is 18.3 Å². The molecule has 0 unspecified atom stereocenters. The summed E-state index contributed by atoms with van der Waals surface area (Å²) >= 11 is 0. The molecule has 0 saturated heterocycles. The molecule has 1 aliphatic carbocycles. The number of hydrogen-bond acceptors (Lipinski definition) is 2. The second-order valence-electron chi connectivity index (χ2n) is 7.06. The first-order chi connectivity index (χ1) is 13.7. The predicted molar refractivity (Wildman–Crippen MR) is 100 cm³/mol. The summed E-state index contributed by atoms with van der Waals surface area (Å²) in [6.45, 7) is 1.35. The Hall–Kier alpha value is -3.16. The number of carbonyl (C=O) groups is 1. The van der Waals surface area contributed by atoms with Crippen molar-refractivity contribution >= 4 is 11.6 Å². The van der Waals surface area contributed by atoms with Gasteiger partial charge >= 0.3 is 6.18 Å². The van der Waals surface area contributed by atoms with E-state index < -0.39 is 17.7 Å². The summed E-state index contributed by atoms with van der Waals surface area (Å²) < 4.78 is 54.4. The number of anilines is 1. The Morgan fingerprint density at radius 3 is 2.38 bits per heavy atom. The Labute approximate surface area is 164 Å². The van der Waals surface area contributed by atoms with Crippen LogP contribution in [0.25, 0.3) is 16.8 Å². The van der Waals surface area contributed by atoms with E-state index in [0.29, 0.717) is 28.2 Å². The summed E-state index contributed by atoms with van der Waals surface area (Å²) in [5.74, 6) is -0.677. The van der Waals surface area contributed by atoms with Crippen LogP contribution in [0.15, 0.2) is 48.5 Å². The van der Waals surface area contributed by atoms with Crippen LogP contribution < -0.4 is 5.32 Å². The van der Waals surface area contributed by atoms with Gasteiger partial charge in [0.1, 0.15) is 5.82 Å². The summed E-state index contributed by atoms with van der Waals surface area (Å²) in [6, 6.07) is 11.7. The minimum absolute atomic E-state index is 0.0767. The van der Waals surface area contributed by atoms with Crippen LogP contribution in [0.3, 0.4) is 0 Å². The predicted octanol–water partition coefficient (Wildman–Crippen LogP) is 5.53. The molecule has 1 aliphatic rings. The number of nitrogens with zero attached hydrogens (tertiary/aromatic N) is 2. The number of halogens is 4. The molecule has 1 aromatic heterocycles. The zero-order valence-corrected chi connectivity index (χ0v) is 15.4. The van der Waals surface area contributed by atoms with Crippen LogP contribution >= 0.6 is 0 Å². The fourth-order valence-electron chi connectivity index (χ4n) is 3.25. The minimum Gasteiger partial charge on any atom is -0.326 e. The first kappa shape index (κ1) is 19.2. The maximum absolute atomic E-state index is 13.7. The summed E-state index contributed by atoms with van der Waals surface area (Å²) in [5, 5.41) is 6.41. The fourth-order valence-corrected chi connectivity index (χ4v) is 3.25. The van der Waals surface area contributed by atoms with Gasteiger partial charge in [-0.15, -0.1) is 0 Å². The van der Waals surface area contributed by atoms with Gasteiger partial charge in [0.15, 0.2) is 5.69 Å². The number of amides is 1. The highest BCUT2D eigenvalue weighted by Gasteiger charge is 2.38. The topological polar surface area (TPSA) is 46.9 Å². The van der Waals surface area contributed by atoms with Crippen LogP contribution in [0.4, 0.5) is 23.2 Å². The Morgan fingerprint density at radius 2 is 1.79 bits per heavy atom. The molecule has 3 aromatic rings. The molecule has 1 amide bonds. The average molecular weight is 403 g/mol. The van der Waals surface area contributed by atoms with E-state index in [1.165, 1.54) is 29.8 Å². The van der Waals surface area contributed by atoms with Crippen molar-refractivity contribution in [2.24, 2.45) is 0 Å². The highest BCUT2D eigenvalue weighted by Crippen LogP contribution is 2.43. The number of hydrogen-bond donors (Lipinski definition) is 1. The van der Waals surface area contributed by atoms with E-state index in [-0.39, 0.29) is 11.8 Å². The zero-order valence-electron chi connectivity index (χ0n) is 15.4. The van der Waals surface area contributed by atoms with Crippen LogP contribution in [-0.4, -0.2) is 15.7 Å². The van der Waals surface area contributed by atoms with Gasteiger partial charge in [-0.05, 0) is 54.8 Å². The molecule has 0 atom stereocenters. The minimum atomic E-state index is -4.51. The van der Waals surface area contributed by atoms with Crippen molar-refractivity contribution in [2.45, 2.75) is 31.9 Å². The molecule has 1 heterocycles. The van der Waals surface area contributed by atoms with Gasteiger partial charge in [-0.3, -0.25) is 4.79 Å². The standard InChI is InChI=1S/C21H17F4N3O/c1-12(29)26-18-9-6-15(22)10-17(18)13-4-7-16(8-5-13)28-19(14-2-3-14)11-20(27-28)21(23,24)25/h4-11,14H,2-3H2,1H3,(H,26,29). The van der Waals surface area contributed by atoms with Crippen molar-refractivity contribution in [1.82, 2.24) is 9.78 Å². The monoisotopic (exact) mass is 403 g/mol. The number of aromatic nitrogens is 2. The highest BCUT2D eigenvalue weighted by atomic mass is 19.4. The third-order valence-electron chi connectivity index (χ3n) is 4.74. The van der Waals surface area contributed by atoms with Crippen LogP contribution in [0, 0.1) is 5.82 Å². The van der Waals surface area contributed by atoms with Crippen molar-refractivity contribution in [3.05, 3.63) is 65.7 Å². The first-order valence-electron chi connectivity index (χ1n) is 9.07. The quantitative estimate of drug-likeness (QED) is 0.582. The molecule has 1 saturated carbocycles. The van der Waals surface area contributed by atoms with Gasteiger partial charge in [0.05, 0.1) is 5.69 Å². The number of benzene rings is 2. The molecule has 29 heavy (non-hydrogen) atoms. The maximum atomic E-state index is 13.7. The van der Waals surface area contributed by atoms with Gasteiger partial charge in [0.2, 0.25) is 5.91 Å². The van der Waals surface area contributed by atoms with Crippen LogP contribution in [0.2, 0.25) is 0 Å². The number of carbonyl (C=O) groups excluding carboxylic acids is 1. The van der Waals surface area contributed by atoms with Gasteiger partial charge in [-0.1, -0.05) is 12.1 Å². The molecule has 2 aromatic carbocycles. The van der Waals surface area contributed by atoms with Crippen molar-refractivity contribution in [3.8, 4) is 16.8 Å². The SMILES string of the molecule is CC(=O)Nc1ccc(F)cc1-c1ccc(-n2nc(C(F)(F)F)cc2C2CC2)cc1. The smallest absolute Gasteiger partial charge is 0.326 e. The van der Waals surface area contributed by atoms with Crippen LogP contribution in [0.1, 0.15) is 37.1 Å². The zero-order chi connectivity index (χ0) is 20.8. The van der Waals surface area contributed by atoms with E-state index in [9.17, 15) is 22.4 Å². The average Bonchev–Trinajstić information content (AvgIpc) is 3.40. The molecule has 1 N–H and O–H groups in total. The second-order valence-corrected chi connectivity index (χ2v) is 7.06. The van der Waals surface area contributed by atoms with Gasteiger partial charge < -0.3 is 5.32 Å². The number of nitrogens with one attached hydrogen (secondary N) is 1. The molecule has 4 nitrogen and oxygen atoms in total.